The van der Waals surface area contributed by atoms with E-state index in [4.69, 9.17) is 4.74 Å². The second kappa shape index (κ2) is 8.81. The van der Waals surface area contributed by atoms with Gasteiger partial charge < -0.3 is 14.2 Å². The van der Waals surface area contributed by atoms with E-state index in [1.54, 1.807) is 11.0 Å². The molecule has 4 rings (SSSR count). The zero-order valence-electron chi connectivity index (χ0n) is 16.9. The largest absolute Gasteiger partial charge is 0.378 e. The molecule has 1 aliphatic heterocycles. The summed E-state index contributed by atoms with van der Waals surface area (Å²) < 4.78 is 7.49. The van der Waals surface area contributed by atoms with Crippen molar-refractivity contribution in [2.75, 3.05) is 26.3 Å². The van der Waals surface area contributed by atoms with Gasteiger partial charge >= 0.3 is 0 Å². The molecule has 5 heteroatoms. The highest BCUT2D eigenvalue weighted by molar-refractivity contribution is 6.02. The lowest BCUT2D eigenvalue weighted by Gasteiger charge is -2.26. The molecular formula is C25H23N3O2. The Morgan fingerprint density at radius 1 is 1.03 bits per heavy atom. The normalized spacial score (nSPS) is 14.4. The summed E-state index contributed by atoms with van der Waals surface area (Å²) in [5, 5.41) is 9.74. The Kier molecular flexibility index (Phi) is 5.78. The van der Waals surface area contributed by atoms with E-state index in [1.807, 2.05) is 61.5 Å². The Labute approximate surface area is 176 Å². The molecule has 0 aliphatic carbocycles. The van der Waals surface area contributed by atoms with Gasteiger partial charge in [-0.25, -0.2) is 0 Å². The number of aromatic nitrogens is 1. The van der Waals surface area contributed by atoms with Crippen LogP contribution in [0.3, 0.4) is 0 Å². The molecule has 1 amide bonds. The van der Waals surface area contributed by atoms with Crippen molar-refractivity contribution in [2.45, 2.75) is 6.92 Å². The van der Waals surface area contributed by atoms with Crippen LogP contribution in [0.25, 0.3) is 23.0 Å². The predicted octanol–water partition coefficient (Wildman–Crippen LogP) is 4.22. The first-order chi connectivity index (χ1) is 14.7. The van der Waals surface area contributed by atoms with E-state index in [9.17, 15) is 10.1 Å². The number of carbonyl (C=O) groups is 1. The molecule has 1 saturated heterocycles. The minimum Gasteiger partial charge on any atom is -0.378 e. The van der Waals surface area contributed by atoms with Crippen molar-refractivity contribution in [2.24, 2.45) is 0 Å². The van der Waals surface area contributed by atoms with Crippen molar-refractivity contribution < 1.29 is 9.53 Å². The molecule has 0 spiro atoms. The average Bonchev–Trinajstić information content (AvgIpc) is 3.14. The summed E-state index contributed by atoms with van der Waals surface area (Å²) >= 11 is 0. The average molecular weight is 397 g/mol. The van der Waals surface area contributed by atoms with E-state index in [0.29, 0.717) is 26.3 Å². The van der Waals surface area contributed by atoms with Gasteiger partial charge in [-0.05, 0) is 36.8 Å². The molecule has 1 fully saturated rings. The molecule has 0 saturated carbocycles. The van der Waals surface area contributed by atoms with E-state index in [-0.39, 0.29) is 11.5 Å². The number of ether oxygens (including phenoxy) is 1. The lowest BCUT2D eigenvalue weighted by Crippen LogP contribution is -2.41. The SMILES string of the molecule is Cc1cc(/C=C(/C#N)C(=O)N2CCOCC2)c(-c2ccccc2)n1-c1ccccc1. The molecule has 150 valence electrons. The number of morpholine rings is 1. The number of para-hydroxylation sites is 1. The molecule has 3 aromatic rings. The van der Waals surface area contributed by atoms with Gasteiger partial charge in [-0.1, -0.05) is 48.5 Å². The molecule has 0 bridgehead atoms. The van der Waals surface area contributed by atoms with Gasteiger partial charge in [0.2, 0.25) is 0 Å². The number of nitriles is 1. The number of amides is 1. The minimum absolute atomic E-state index is 0.138. The van der Waals surface area contributed by atoms with Crippen molar-refractivity contribution in [3.63, 3.8) is 0 Å². The van der Waals surface area contributed by atoms with Gasteiger partial charge in [-0.15, -0.1) is 0 Å². The van der Waals surface area contributed by atoms with Crippen LogP contribution in [-0.4, -0.2) is 41.7 Å². The summed E-state index contributed by atoms with van der Waals surface area (Å²) in [7, 11) is 0. The molecule has 5 nitrogen and oxygen atoms in total. The Balaban J connectivity index is 1.84. The maximum Gasteiger partial charge on any atom is 0.264 e. The maximum absolute atomic E-state index is 12.9. The Morgan fingerprint density at radius 3 is 2.30 bits per heavy atom. The summed E-state index contributed by atoms with van der Waals surface area (Å²) in [6, 6.07) is 24.3. The molecular weight excluding hydrogens is 374 g/mol. The van der Waals surface area contributed by atoms with E-state index >= 15 is 0 Å². The van der Waals surface area contributed by atoms with Gasteiger partial charge in [-0.2, -0.15) is 5.26 Å². The van der Waals surface area contributed by atoms with E-state index in [2.05, 4.69) is 22.8 Å². The fourth-order valence-electron chi connectivity index (χ4n) is 3.81. The summed E-state index contributed by atoms with van der Waals surface area (Å²) in [6.07, 6.45) is 1.71. The number of rotatable bonds is 4. The third-order valence-electron chi connectivity index (χ3n) is 5.22. The van der Waals surface area contributed by atoms with Crippen LogP contribution in [0.1, 0.15) is 11.3 Å². The third kappa shape index (κ3) is 3.91. The molecule has 30 heavy (non-hydrogen) atoms. The fraction of sp³-hybridized carbons (Fsp3) is 0.200. The van der Waals surface area contributed by atoms with Gasteiger partial charge in [0.1, 0.15) is 11.6 Å². The monoisotopic (exact) mass is 397 g/mol. The zero-order valence-corrected chi connectivity index (χ0v) is 16.9. The minimum atomic E-state index is -0.245. The highest BCUT2D eigenvalue weighted by Gasteiger charge is 2.22. The number of hydrogen-bond acceptors (Lipinski definition) is 3. The molecule has 0 atom stereocenters. The zero-order chi connectivity index (χ0) is 20.9. The van der Waals surface area contributed by atoms with E-state index in [1.165, 1.54) is 0 Å². The highest BCUT2D eigenvalue weighted by Crippen LogP contribution is 2.32. The van der Waals surface area contributed by atoms with Crippen LogP contribution in [-0.2, 0) is 9.53 Å². The van der Waals surface area contributed by atoms with Crippen LogP contribution < -0.4 is 0 Å². The molecule has 0 N–H and O–H groups in total. The van der Waals surface area contributed by atoms with Crippen molar-refractivity contribution in [3.8, 4) is 23.0 Å². The Hall–Kier alpha value is -3.62. The third-order valence-corrected chi connectivity index (χ3v) is 5.22. The van der Waals surface area contributed by atoms with E-state index in [0.717, 1.165) is 28.2 Å². The number of hydrogen-bond donors (Lipinski definition) is 0. The van der Waals surface area contributed by atoms with Gasteiger partial charge in [0.25, 0.3) is 5.91 Å². The molecule has 0 unspecified atom stereocenters. The smallest absolute Gasteiger partial charge is 0.264 e. The quantitative estimate of drug-likeness (QED) is 0.489. The van der Waals surface area contributed by atoms with E-state index < -0.39 is 0 Å². The van der Waals surface area contributed by atoms with Crippen LogP contribution in [0.4, 0.5) is 0 Å². The van der Waals surface area contributed by atoms with Gasteiger partial charge in [0.05, 0.1) is 18.9 Å². The maximum atomic E-state index is 12.9. The molecule has 1 aliphatic rings. The second-order valence-corrected chi connectivity index (χ2v) is 7.20. The van der Waals surface area contributed by atoms with Crippen LogP contribution in [0.2, 0.25) is 0 Å². The van der Waals surface area contributed by atoms with Crippen molar-refractivity contribution in [1.82, 2.24) is 9.47 Å². The predicted molar refractivity (Wildman–Crippen MR) is 117 cm³/mol. The lowest BCUT2D eigenvalue weighted by molar-refractivity contribution is -0.130. The standard InChI is InChI=1S/C25H23N3O2/c1-19-16-21(17-22(18-26)25(29)27-12-14-30-15-13-27)24(20-8-4-2-5-9-20)28(19)23-10-6-3-7-11-23/h2-11,16-17H,12-15H2,1H3/b22-17-. The first-order valence-corrected chi connectivity index (χ1v) is 10.0. The highest BCUT2D eigenvalue weighted by atomic mass is 16.5. The van der Waals surface area contributed by atoms with Crippen LogP contribution in [0, 0.1) is 18.3 Å². The summed E-state index contributed by atoms with van der Waals surface area (Å²) in [6.45, 7) is 4.06. The number of benzene rings is 2. The van der Waals surface area contributed by atoms with Gasteiger partial charge in [0.15, 0.2) is 0 Å². The van der Waals surface area contributed by atoms with Gasteiger partial charge in [0, 0.05) is 30.0 Å². The summed E-state index contributed by atoms with van der Waals surface area (Å²) in [5.74, 6) is -0.245. The van der Waals surface area contributed by atoms with Crippen molar-refractivity contribution >= 4 is 12.0 Å². The molecule has 2 heterocycles. The van der Waals surface area contributed by atoms with Crippen molar-refractivity contribution in [3.05, 3.63) is 83.6 Å². The van der Waals surface area contributed by atoms with Crippen molar-refractivity contribution in [1.29, 1.82) is 5.26 Å². The number of nitrogens with zero attached hydrogens (tertiary/aromatic N) is 3. The molecule has 1 aromatic heterocycles. The Morgan fingerprint density at radius 2 is 1.67 bits per heavy atom. The Bertz CT molecular complexity index is 1100. The van der Waals surface area contributed by atoms with Crippen LogP contribution in [0.5, 0.6) is 0 Å². The molecule has 0 radical (unpaired) electrons. The summed E-state index contributed by atoms with van der Waals surface area (Å²) in [4.78, 5) is 14.6. The lowest BCUT2D eigenvalue weighted by atomic mass is 10.0. The van der Waals surface area contributed by atoms with Crippen LogP contribution in [0.15, 0.2) is 72.3 Å². The molecule has 2 aromatic carbocycles. The number of aryl methyl sites for hydroxylation is 1. The van der Waals surface area contributed by atoms with Gasteiger partial charge in [-0.3, -0.25) is 4.79 Å². The summed E-state index contributed by atoms with van der Waals surface area (Å²) in [5.41, 5.74) is 5.03. The fourth-order valence-corrected chi connectivity index (χ4v) is 3.81. The van der Waals surface area contributed by atoms with Crippen LogP contribution >= 0.6 is 0 Å². The second-order valence-electron chi connectivity index (χ2n) is 7.20. The number of carbonyl (C=O) groups excluding carboxylic acids is 1. The topological polar surface area (TPSA) is 58.3 Å². The first kappa shape index (κ1) is 19.7. The first-order valence-electron chi connectivity index (χ1n) is 10.0.